The number of pyridine rings is 2. The molecule has 1 aliphatic heterocycles. The Morgan fingerprint density at radius 1 is 0.583 bits per heavy atom. The number of piperazine rings is 1. The van der Waals surface area contributed by atoms with Gasteiger partial charge in [-0.2, -0.15) is 0 Å². The van der Waals surface area contributed by atoms with E-state index < -0.39 is 0 Å². The molecule has 0 amide bonds. The van der Waals surface area contributed by atoms with Gasteiger partial charge in [0.25, 0.3) is 0 Å². The summed E-state index contributed by atoms with van der Waals surface area (Å²) in [6.07, 6.45) is 7.61. The minimum Gasteiger partial charge on any atom is -0.487 e. The number of hydrogen-bond donors (Lipinski definition) is 2. The van der Waals surface area contributed by atoms with Gasteiger partial charge in [0, 0.05) is 11.4 Å². The first kappa shape index (κ1) is 23.2. The second kappa shape index (κ2) is 11.7. The molecule has 0 radical (unpaired) electrons. The molecular weight excluding hydrogens is 448 g/mol. The third-order valence-electron chi connectivity index (χ3n) is 5.67. The number of hydrogen-bond acceptors (Lipinski definition) is 6. The third-order valence-corrected chi connectivity index (χ3v) is 5.67. The molecule has 3 heterocycles. The molecule has 4 aromatic rings. The van der Waals surface area contributed by atoms with Crippen LogP contribution in [0.5, 0.6) is 11.5 Å². The van der Waals surface area contributed by atoms with Crippen LogP contribution in [-0.4, -0.2) is 23.1 Å². The first-order valence-electron chi connectivity index (χ1n) is 11.9. The van der Waals surface area contributed by atoms with Crippen LogP contribution in [0, 0.1) is 0 Å². The Kier molecular flexibility index (Phi) is 7.54. The molecule has 0 atom stereocenters. The van der Waals surface area contributed by atoms with E-state index in [1.807, 2.05) is 97.1 Å². The Balaban J connectivity index is 1.10. The van der Waals surface area contributed by atoms with Crippen molar-refractivity contribution in [2.24, 2.45) is 0 Å². The van der Waals surface area contributed by atoms with Gasteiger partial charge in [-0.1, -0.05) is 60.7 Å². The Labute approximate surface area is 211 Å². The van der Waals surface area contributed by atoms with Crippen molar-refractivity contribution in [1.29, 1.82) is 0 Å². The molecule has 0 spiro atoms. The van der Waals surface area contributed by atoms with Crippen LogP contribution < -0.4 is 20.1 Å². The lowest BCUT2D eigenvalue weighted by Gasteiger charge is -2.22. The van der Waals surface area contributed by atoms with Gasteiger partial charge in [0.05, 0.1) is 36.9 Å². The predicted octanol–water partition coefficient (Wildman–Crippen LogP) is 5.21. The van der Waals surface area contributed by atoms with Gasteiger partial charge < -0.3 is 20.1 Å². The van der Waals surface area contributed by atoms with Crippen molar-refractivity contribution in [1.82, 2.24) is 20.6 Å². The van der Waals surface area contributed by atoms with E-state index in [0.29, 0.717) is 26.3 Å². The first-order valence-corrected chi connectivity index (χ1v) is 11.9. The number of benzene rings is 2. The van der Waals surface area contributed by atoms with Crippen LogP contribution in [0.1, 0.15) is 22.5 Å². The van der Waals surface area contributed by atoms with E-state index in [0.717, 1.165) is 45.4 Å². The van der Waals surface area contributed by atoms with Crippen molar-refractivity contribution in [2.45, 2.75) is 13.2 Å². The average molecular weight is 477 g/mol. The first-order chi connectivity index (χ1) is 17.8. The van der Waals surface area contributed by atoms with Crippen LogP contribution >= 0.6 is 0 Å². The zero-order valence-corrected chi connectivity index (χ0v) is 19.9. The van der Waals surface area contributed by atoms with Gasteiger partial charge in [-0.25, -0.2) is 0 Å². The summed E-state index contributed by atoms with van der Waals surface area (Å²) < 4.78 is 11.6. The lowest BCUT2D eigenvalue weighted by Crippen LogP contribution is -2.36. The maximum atomic E-state index is 5.82. The fraction of sp³-hybridized carbons (Fsp3) is 0.133. The SMILES string of the molecule is C(=C1\CN/C(=C\c2ccc(OCc3ccccc3)cn2)CN1)/c1ccc(OCc2ccccc2)cn1. The Morgan fingerprint density at radius 3 is 1.39 bits per heavy atom. The maximum Gasteiger partial charge on any atom is 0.138 e. The quantitative estimate of drug-likeness (QED) is 0.364. The van der Waals surface area contributed by atoms with E-state index in [4.69, 9.17) is 9.47 Å². The minimum absolute atomic E-state index is 0.530. The molecule has 180 valence electrons. The second-order valence-electron chi connectivity index (χ2n) is 8.43. The fourth-order valence-electron chi connectivity index (χ4n) is 3.71. The highest BCUT2D eigenvalue weighted by atomic mass is 16.5. The van der Waals surface area contributed by atoms with Crippen molar-refractivity contribution in [3.8, 4) is 11.5 Å². The van der Waals surface area contributed by atoms with Crippen LogP contribution in [0.25, 0.3) is 12.2 Å². The number of nitrogens with one attached hydrogen (secondary N) is 2. The van der Waals surface area contributed by atoms with Crippen LogP contribution in [0.2, 0.25) is 0 Å². The molecule has 6 nitrogen and oxygen atoms in total. The van der Waals surface area contributed by atoms with Crippen molar-refractivity contribution < 1.29 is 9.47 Å². The topological polar surface area (TPSA) is 68.3 Å². The van der Waals surface area contributed by atoms with Crippen LogP contribution in [0.4, 0.5) is 0 Å². The van der Waals surface area contributed by atoms with Gasteiger partial charge in [0.1, 0.15) is 24.7 Å². The van der Waals surface area contributed by atoms with E-state index in [2.05, 4.69) is 20.6 Å². The summed E-state index contributed by atoms with van der Waals surface area (Å²) in [6.45, 7) is 2.44. The smallest absolute Gasteiger partial charge is 0.138 e. The van der Waals surface area contributed by atoms with Crippen LogP contribution in [0.3, 0.4) is 0 Å². The number of ether oxygens (including phenoxy) is 2. The van der Waals surface area contributed by atoms with Crippen molar-refractivity contribution >= 4 is 12.2 Å². The molecule has 2 aromatic heterocycles. The molecule has 0 unspecified atom stereocenters. The zero-order valence-electron chi connectivity index (χ0n) is 19.9. The van der Waals surface area contributed by atoms with E-state index >= 15 is 0 Å². The van der Waals surface area contributed by atoms with Gasteiger partial charge in [0.15, 0.2) is 0 Å². The van der Waals surface area contributed by atoms with Crippen molar-refractivity contribution in [3.63, 3.8) is 0 Å². The highest BCUT2D eigenvalue weighted by Gasteiger charge is 2.09. The van der Waals surface area contributed by atoms with Crippen LogP contribution in [-0.2, 0) is 13.2 Å². The summed E-state index contributed by atoms with van der Waals surface area (Å²) in [5.41, 5.74) is 6.18. The monoisotopic (exact) mass is 476 g/mol. The summed E-state index contributed by atoms with van der Waals surface area (Å²) in [5.74, 6) is 1.51. The molecule has 36 heavy (non-hydrogen) atoms. The van der Waals surface area contributed by atoms with Gasteiger partial charge in [-0.05, 0) is 47.5 Å². The zero-order chi connectivity index (χ0) is 24.4. The predicted molar refractivity (Wildman–Crippen MR) is 142 cm³/mol. The number of nitrogens with zero attached hydrogens (tertiary/aromatic N) is 2. The normalized spacial score (nSPS) is 15.2. The number of rotatable bonds is 8. The fourth-order valence-corrected chi connectivity index (χ4v) is 3.71. The van der Waals surface area contributed by atoms with Crippen molar-refractivity contribution in [3.05, 3.63) is 131 Å². The average Bonchev–Trinajstić information content (AvgIpc) is 2.94. The van der Waals surface area contributed by atoms with Crippen LogP contribution in [0.15, 0.2) is 109 Å². The summed E-state index contributed by atoms with van der Waals surface area (Å²) in [4.78, 5) is 9.02. The van der Waals surface area contributed by atoms with E-state index in [1.54, 1.807) is 12.4 Å². The summed E-state index contributed by atoms with van der Waals surface area (Å²) in [5, 5.41) is 6.91. The highest BCUT2D eigenvalue weighted by Crippen LogP contribution is 2.16. The Bertz CT molecular complexity index is 1190. The lowest BCUT2D eigenvalue weighted by molar-refractivity contribution is 0.305. The standard InChI is InChI=1S/C30H28N4O2/c1-3-7-23(8-4-1)21-35-29-13-11-25(33-19-29)15-27-17-32-28(18-31-27)16-26-12-14-30(20-34-26)36-22-24-9-5-2-6-10-24/h1-16,19-20,31-32H,17-18,21-22H2/b27-15-,28-16-. The van der Waals surface area contributed by atoms with E-state index in [1.165, 1.54) is 0 Å². The van der Waals surface area contributed by atoms with Gasteiger partial charge in [0.2, 0.25) is 0 Å². The Morgan fingerprint density at radius 2 is 1.03 bits per heavy atom. The number of aromatic nitrogens is 2. The third kappa shape index (κ3) is 6.73. The van der Waals surface area contributed by atoms with Crippen molar-refractivity contribution in [2.75, 3.05) is 13.1 Å². The van der Waals surface area contributed by atoms with Gasteiger partial charge >= 0.3 is 0 Å². The maximum absolute atomic E-state index is 5.82. The summed E-state index contributed by atoms with van der Waals surface area (Å²) >= 11 is 0. The molecular formula is C30H28N4O2. The summed E-state index contributed by atoms with van der Waals surface area (Å²) in [7, 11) is 0. The molecule has 1 fully saturated rings. The van der Waals surface area contributed by atoms with E-state index in [-0.39, 0.29) is 0 Å². The molecule has 0 saturated carbocycles. The largest absolute Gasteiger partial charge is 0.487 e. The highest BCUT2D eigenvalue weighted by molar-refractivity contribution is 5.54. The molecule has 2 N–H and O–H groups in total. The molecule has 2 aromatic carbocycles. The molecule has 1 saturated heterocycles. The van der Waals surface area contributed by atoms with Gasteiger partial charge in [-0.3, -0.25) is 9.97 Å². The molecule has 0 aliphatic carbocycles. The minimum atomic E-state index is 0.530. The Hall–Kier alpha value is -4.58. The summed E-state index contributed by atoms with van der Waals surface area (Å²) in [6, 6.07) is 28.0. The second-order valence-corrected chi connectivity index (χ2v) is 8.43. The molecule has 1 aliphatic rings. The van der Waals surface area contributed by atoms with Gasteiger partial charge in [-0.15, -0.1) is 0 Å². The molecule has 0 bridgehead atoms. The molecule has 6 heteroatoms. The lowest BCUT2D eigenvalue weighted by atomic mass is 10.2. The van der Waals surface area contributed by atoms with E-state index in [9.17, 15) is 0 Å². The molecule has 5 rings (SSSR count).